The molecule has 1 aliphatic rings. The standard InChI is InChI=1S/C18H24N2O4/c1-4-18(2,17(23)24-3)19-16(22)13-8-10-14(11-9-13)20-12-6-5-7-15(20)21/h8-11H,4-7,12H2,1-3H3,(H,19,22). The van der Waals surface area contributed by atoms with Crippen molar-refractivity contribution in [3.8, 4) is 0 Å². The monoisotopic (exact) mass is 332 g/mol. The van der Waals surface area contributed by atoms with Crippen LogP contribution < -0.4 is 10.2 Å². The van der Waals surface area contributed by atoms with E-state index in [9.17, 15) is 14.4 Å². The van der Waals surface area contributed by atoms with E-state index in [4.69, 9.17) is 4.74 Å². The van der Waals surface area contributed by atoms with E-state index in [2.05, 4.69) is 5.32 Å². The van der Waals surface area contributed by atoms with Crippen molar-refractivity contribution >= 4 is 23.5 Å². The molecule has 24 heavy (non-hydrogen) atoms. The maximum Gasteiger partial charge on any atom is 0.331 e. The third-order valence-electron chi connectivity index (χ3n) is 4.50. The molecule has 0 aromatic heterocycles. The Labute approximate surface area is 142 Å². The maximum atomic E-state index is 12.4. The zero-order chi connectivity index (χ0) is 17.7. The number of piperidine rings is 1. The molecule has 0 aliphatic carbocycles. The summed E-state index contributed by atoms with van der Waals surface area (Å²) in [6, 6.07) is 6.86. The SMILES string of the molecule is CCC(C)(NC(=O)c1ccc(N2CCCCC2=O)cc1)C(=O)OC. The second-order valence-electron chi connectivity index (χ2n) is 6.18. The van der Waals surface area contributed by atoms with E-state index in [1.807, 2.05) is 6.92 Å². The van der Waals surface area contributed by atoms with Crippen LogP contribution in [-0.4, -0.2) is 37.0 Å². The van der Waals surface area contributed by atoms with E-state index in [1.165, 1.54) is 7.11 Å². The summed E-state index contributed by atoms with van der Waals surface area (Å²) in [5.74, 6) is -0.710. The Kier molecular flexibility index (Phi) is 5.59. The van der Waals surface area contributed by atoms with E-state index >= 15 is 0 Å². The van der Waals surface area contributed by atoms with Gasteiger partial charge in [-0.3, -0.25) is 9.59 Å². The Morgan fingerprint density at radius 1 is 1.25 bits per heavy atom. The molecule has 130 valence electrons. The Morgan fingerprint density at radius 2 is 1.92 bits per heavy atom. The van der Waals surface area contributed by atoms with E-state index in [0.717, 1.165) is 18.5 Å². The van der Waals surface area contributed by atoms with Gasteiger partial charge in [-0.15, -0.1) is 0 Å². The van der Waals surface area contributed by atoms with Gasteiger partial charge in [0, 0.05) is 24.2 Å². The summed E-state index contributed by atoms with van der Waals surface area (Å²) in [7, 11) is 1.30. The first-order valence-electron chi connectivity index (χ1n) is 8.22. The number of hydrogen-bond donors (Lipinski definition) is 1. The highest BCUT2D eigenvalue weighted by Gasteiger charge is 2.34. The molecular formula is C18H24N2O4. The predicted molar refractivity (Wildman–Crippen MR) is 90.8 cm³/mol. The van der Waals surface area contributed by atoms with Crippen molar-refractivity contribution in [2.45, 2.75) is 45.1 Å². The van der Waals surface area contributed by atoms with Crippen LogP contribution in [0.15, 0.2) is 24.3 Å². The van der Waals surface area contributed by atoms with Crippen molar-refractivity contribution in [2.24, 2.45) is 0 Å². The van der Waals surface area contributed by atoms with E-state index in [1.54, 1.807) is 36.1 Å². The fourth-order valence-corrected chi connectivity index (χ4v) is 2.70. The molecule has 1 fully saturated rings. The quantitative estimate of drug-likeness (QED) is 0.839. The fourth-order valence-electron chi connectivity index (χ4n) is 2.70. The molecule has 6 nitrogen and oxygen atoms in total. The Hall–Kier alpha value is -2.37. The van der Waals surface area contributed by atoms with Gasteiger partial charge in [0.2, 0.25) is 5.91 Å². The van der Waals surface area contributed by atoms with Gasteiger partial charge in [-0.25, -0.2) is 4.79 Å². The highest BCUT2D eigenvalue weighted by Crippen LogP contribution is 2.21. The Morgan fingerprint density at radius 3 is 2.46 bits per heavy atom. The molecule has 1 heterocycles. The van der Waals surface area contributed by atoms with Gasteiger partial charge in [0.25, 0.3) is 5.91 Å². The first-order chi connectivity index (χ1) is 11.4. The smallest absolute Gasteiger partial charge is 0.331 e. The van der Waals surface area contributed by atoms with Gasteiger partial charge in [-0.05, 0) is 50.5 Å². The normalized spacial score (nSPS) is 17.1. The molecule has 0 saturated carbocycles. The van der Waals surface area contributed by atoms with E-state index < -0.39 is 11.5 Å². The Balaban J connectivity index is 2.11. The van der Waals surface area contributed by atoms with Crippen molar-refractivity contribution in [1.29, 1.82) is 0 Å². The first-order valence-corrected chi connectivity index (χ1v) is 8.22. The lowest BCUT2D eigenvalue weighted by molar-refractivity contribution is -0.147. The largest absolute Gasteiger partial charge is 0.467 e. The van der Waals surface area contributed by atoms with Crippen LogP contribution in [0.5, 0.6) is 0 Å². The number of amides is 2. The van der Waals surface area contributed by atoms with Crippen molar-refractivity contribution in [3.63, 3.8) is 0 Å². The second-order valence-corrected chi connectivity index (χ2v) is 6.18. The summed E-state index contributed by atoms with van der Waals surface area (Å²) >= 11 is 0. The van der Waals surface area contributed by atoms with Gasteiger partial charge in [0.05, 0.1) is 7.11 Å². The minimum absolute atomic E-state index is 0.114. The third kappa shape index (κ3) is 3.75. The molecule has 6 heteroatoms. The summed E-state index contributed by atoms with van der Waals surface area (Å²) in [4.78, 5) is 37.9. The molecule has 0 radical (unpaired) electrons. The lowest BCUT2D eigenvalue weighted by Crippen LogP contribution is -2.52. The molecule has 2 amide bonds. The first kappa shape index (κ1) is 18.0. The molecule has 1 aromatic rings. The number of anilines is 1. The highest BCUT2D eigenvalue weighted by molar-refractivity contribution is 5.99. The van der Waals surface area contributed by atoms with Crippen LogP contribution >= 0.6 is 0 Å². The van der Waals surface area contributed by atoms with Crippen molar-refractivity contribution in [2.75, 3.05) is 18.6 Å². The molecular weight excluding hydrogens is 308 g/mol. The zero-order valence-electron chi connectivity index (χ0n) is 14.4. The van der Waals surface area contributed by atoms with Crippen molar-refractivity contribution < 1.29 is 19.1 Å². The number of nitrogens with one attached hydrogen (secondary N) is 1. The van der Waals surface area contributed by atoms with Crippen molar-refractivity contribution in [1.82, 2.24) is 5.32 Å². The topological polar surface area (TPSA) is 75.7 Å². The van der Waals surface area contributed by atoms with Crippen LogP contribution in [-0.2, 0) is 14.3 Å². The number of carbonyl (C=O) groups is 3. The predicted octanol–water partition coefficient (Wildman–Crippen LogP) is 2.28. The maximum absolute atomic E-state index is 12.4. The average molecular weight is 332 g/mol. The molecule has 1 N–H and O–H groups in total. The minimum Gasteiger partial charge on any atom is -0.467 e. The number of benzene rings is 1. The van der Waals surface area contributed by atoms with Gasteiger partial charge in [0.15, 0.2) is 0 Å². The number of methoxy groups -OCH3 is 1. The van der Waals surface area contributed by atoms with Gasteiger partial charge < -0.3 is 15.0 Å². The number of nitrogens with zero attached hydrogens (tertiary/aromatic N) is 1. The van der Waals surface area contributed by atoms with Gasteiger partial charge >= 0.3 is 5.97 Å². The molecule has 0 spiro atoms. The van der Waals surface area contributed by atoms with Crippen LogP contribution in [0.25, 0.3) is 0 Å². The van der Waals surface area contributed by atoms with Crippen LogP contribution in [0.1, 0.15) is 49.9 Å². The second kappa shape index (κ2) is 7.47. The molecule has 1 atom stereocenters. The number of hydrogen-bond acceptors (Lipinski definition) is 4. The fraction of sp³-hybridized carbons (Fsp3) is 0.500. The molecule has 1 unspecified atom stereocenters. The van der Waals surface area contributed by atoms with Gasteiger partial charge in [0.1, 0.15) is 5.54 Å². The van der Waals surface area contributed by atoms with E-state index in [-0.39, 0.29) is 11.8 Å². The highest BCUT2D eigenvalue weighted by atomic mass is 16.5. The number of carbonyl (C=O) groups excluding carboxylic acids is 3. The number of rotatable bonds is 5. The molecule has 0 bridgehead atoms. The summed E-state index contributed by atoms with van der Waals surface area (Å²) in [5.41, 5.74) is 0.169. The van der Waals surface area contributed by atoms with E-state index in [0.29, 0.717) is 24.9 Å². The number of esters is 1. The molecule has 1 saturated heterocycles. The summed E-state index contributed by atoms with van der Waals surface area (Å²) < 4.78 is 4.76. The lowest BCUT2D eigenvalue weighted by Gasteiger charge is -2.27. The molecule has 1 aromatic carbocycles. The third-order valence-corrected chi connectivity index (χ3v) is 4.50. The number of ether oxygens (including phenoxy) is 1. The summed E-state index contributed by atoms with van der Waals surface area (Å²) in [6.45, 7) is 4.15. The van der Waals surface area contributed by atoms with Gasteiger partial charge in [-0.1, -0.05) is 6.92 Å². The lowest BCUT2D eigenvalue weighted by atomic mass is 9.98. The zero-order valence-corrected chi connectivity index (χ0v) is 14.4. The summed E-state index contributed by atoms with van der Waals surface area (Å²) in [6.07, 6.45) is 2.91. The van der Waals surface area contributed by atoms with Crippen LogP contribution in [0.4, 0.5) is 5.69 Å². The van der Waals surface area contributed by atoms with Gasteiger partial charge in [-0.2, -0.15) is 0 Å². The Bertz CT molecular complexity index is 626. The molecule has 1 aliphatic heterocycles. The van der Waals surface area contributed by atoms with Crippen LogP contribution in [0, 0.1) is 0 Å². The molecule has 2 rings (SSSR count). The summed E-state index contributed by atoms with van der Waals surface area (Å²) in [5, 5.41) is 2.72. The minimum atomic E-state index is -1.06. The van der Waals surface area contributed by atoms with Crippen LogP contribution in [0.3, 0.4) is 0 Å². The van der Waals surface area contributed by atoms with Crippen LogP contribution in [0.2, 0.25) is 0 Å². The average Bonchev–Trinajstić information content (AvgIpc) is 2.61. The van der Waals surface area contributed by atoms with Crippen molar-refractivity contribution in [3.05, 3.63) is 29.8 Å².